The average molecular weight is 423 g/mol. The van der Waals surface area contributed by atoms with Gasteiger partial charge < -0.3 is 24.7 Å². The van der Waals surface area contributed by atoms with E-state index in [2.05, 4.69) is 32.6 Å². The van der Waals surface area contributed by atoms with Crippen molar-refractivity contribution in [2.75, 3.05) is 40.3 Å². The number of ether oxygens (including phenoxy) is 1. The molecule has 1 aliphatic heterocycles. The topological polar surface area (TPSA) is 74.9 Å². The van der Waals surface area contributed by atoms with Crippen LogP contribution in [0.4, 0.5) is 0 Å². The number of aliphatic imine (C=N–C) groups is 1. The van der Waals surface area contributed by atoms with Gasteiger partial charge in [-0.2, -0.15) is 0 Å². The van der Waals surface area contributed by atoms with Crippen molar-refractivity contribution in [3.05, 3.63) is 17.3 Å². The third kappa shape index (κ3) is 5.73. The van der Waals surface area contributed by atoms with Gasteiger partial charge in [0, 0.05) is 26.7 Å². The van der Waals surface area contributed by atoms with Gasteiger partial charge in [-0.15, -0.1) is 24.0 Å². The highest BCUT2D eigenvalue weighted by molar-refractivity contribution is 14.0. The molecule has 0 radical (unpaired) electrons. The van der Waals surface area contributed by atoms with Gasteiger partial charge in [-0.25, -0.2) is 4.98 Å². The van der Waals surface area contributed by atoms with Crippen molar-refractivity contribution in [1.82, 2.24) is 20.5 Å². The van der Waals surface area contributed by atoms with Crippen molar-refractivity contribution < 1.29 is 9.15 Å². The van der Waals surface area contributed by atoms with Crippen LogP contribution in [0.1, 0.15) is 17.3 Å². The molecule has 7 nitrogen and oxygen atoms in total. The fourth-order valence-electron chi connectivity index (χ4n) is 2.20. The highest BCUT2D eigenvalue weighted by atomic mass is 127. The van der Waals surface area contributed by atoms with E-state index in [1.165, 1.54) is 0 Å². The lowest BCUT2D eigenvalue weighted by Crippen LogP contribution is -2.48. The molecule has 0 spiro atoms. The van der Waals surface area contributed by atoms with Crippen molar-refractivity contribution in [3.8, 4) is 0 Å². The number of rotatable bonds is 4. The Balaban J connectivity index is 0.00000242. The standard InChI is InChI=1S/C14H25N5O2.HI/c1-10-11(2)21-13(18-10)8-17-14(15-3)16-7-12-9-19(4)5-6-20-12;/h12H,5-9H2,1-4H3,(H2,15,16,17);1H. The lowest BCUT2D eigenvalue weighted by molar-refractivity contribution is -0.0161. The van der Waals surface area contributed by atoms with Crippen LogP contribution in [0.2, 0.25) is 0 Å². The second-order valence-electron chi connectivity index (χ2n) is 5.31. The van der Waals surface area contributed by atoms with E-state index in [9.17, 15) is 0 Å². The first-order chi connectivity index (χ1) is 10.1. The summed E-state index contributed by atoms with van der Waals surface area (Å²) in [6.07, 6.45) is 0.188. The molecule has 1 aromatic heterocycles. The fraction of sp³-hybridized carbons (Fsp3) is 0.714. The van der Waals surface area contributed by atoms with Crippen LogP contribution in [0, 0.1) is 13.8 Å². The molecule has 22 heavy (non-hydrogen) atoms. The molecular weight excluding hydrogens is 397 g/mol. The van der Waals surface area contributed by atoms with E-state index in [0.29, 0.717) is 12.4 Å². The predicted molar refractivity (Wildman–Crippen MR) is 96.8 cm³/mol. The van der Waals surface area contributed by atoms with Crippen LogP contribution in [0.15, 0.2) is 9.41 Å². The van der Waals surface area contributed by atoms with Gasteiger partial charge in [0.05, 0.1) is 24.9 Å². The summed E-state index contributed by atoms with van der Waals surface area (Å²) in [4.78, 5) is 10.8. The molecule has 126 valence electrons. The third-order valence-electron chi connectivity index (χ3n) is 3.54. The average Bonchev–Trinajstić information content (AvgIpc) is 2.78. The zero-order valence-electron chi connectivity index (χ0n) is 13.7. The zero-order valence-corrected chi connectivity index (χ0v) is 16.0. The summed E-state index contributed by atoms with van der Waals surface area (Å²) in [5.74, 6) is 2.25. The van der Waals surface area contributed by atoms with E-state index in [1.54, 1.807) is 7.05 Å². The summed E-state index contributed by atoms with van der Waals surface area (Å²) in [5.41, 5.74) is 0.924. The summed E-state index contributed by atoms with van der Waals surface area (Å²) >= 11 is 0. The molecule has 1 aliphatic rings. The molecule has 2 heterocycles. The van der Waals surface area contributed by atoms with Crippen LogP contribution >= 0.6 is 24.0 Å². The number of nitrogens with zero attached hydrogens (tertiary/aromatic N) is 3. The summed E-state index contributed by atoms with van der Waals surface area (Å²) < 4.78 is 11.2. The Labute approximate surface area is 148 Å². The lowest BCUT2D eigenvalue weighted by Gasteiger charge is -2.30. The number of morpholine rings is 1. The van der Waals surface area contributed by atoms with Crippen LogP contribution in [0.25, 0.3) is 0 Å². The molecule has 1 saturated heterocycles. The molecule has 1 atom stereocenters. The van der Waals surface area contributed by atoms with Gasteiger partial charge in [-0.3, -0.25) is 4.99 Å². The highest BCUT2D eigenvalue weighted by Gasteiger charge is 2.17. The highest BCUT2D eigenvalue weighted by Crippen LogP contribution is 2.07. The first kappa shape index (κ1) is 19.2. The van der Waals surface area contributed by atoms with Crippen molar-refractivity contribution in [2.45, 2.75) is 26.5 Å². The second kappa shape index (κ2) is 9.31. The fourth-order valence-corrected chi connectivity index (χ4v) is 2.20. The first-order valence-electron chi connectivity index (χ1n) is 7.26. The molecule has 1 aromatic rings. The maximum atomic E-state index is 5.71. The number of nitrogens with one attached hydrogen (secondary N) is 2. The van der Waals surface area contributed by atoms with Gasteiger partial charge in [0.25, 0.3) is 0 Å². The first-order valence-corrected chi connectivity index (χ1v) is 7.26. The van der Waals surface area contributed by atoms with Crippen molar-refractivity contribution in [1.29, 1.82) is 0 Å². The minimum absolute atomic E-state index is 0. The normalized spacial score (nSPS) is 19.6. The number of hydrogen-bond donors (Lipinski definition) is 2. The minimum atomic E-state index is 0. The molecule has 8 heteroatoms. The van der Waals surface area contributed by atoms with E-state index in [0.717, 1.165) is 43.7 Å². The predicted octanol–water partition coefficient (Wildman–Crippen LogP) is 0.905. The Morgan fingerprint density at radius 2 is 2.18 bits per heavy atom. The third-order valence-corrected chi connectivity index (χ3v) is 3.54. The number of guanidine groups is 1. The van der Waals surface area contributed by atoms with E-state index in [1.807, 2.05) is 13.8 Å². The molecular formula is C14H26IN5O2. The largest absolute Gasteiger partial charge is 0.444 e. The van der Waals surface area contributed by atoms with Crippen LogP contribution in [0.5, 0.6) is 0 Å². The van der Waals surface area contributed by atoms with E-state index < -0.39 is 0 Å². The molecule has 1 fully saturated rings. The van der Waals surface area contributed by atoms with E-state index in [4.69, 9.17) is 9.15 Å². The van der Waals surface area contributed by atoms with Gasteiger partial charge in [-0.1, -0.05) is 0 Å². The number of aromatic nitrogens is 1. The number of likely N-dealkylation sites (N-methyl/N-ethyl adjacent to an activating group) is 1. The SMILES string of the molecule is CN=C(NCc1nc(C)c(C)o1)NCC1CN(C)CCO1.I. The Morgan fingerprint density at radius 1 is 1.41 bits per heavy atom. The smallest absolute Gasteiger partial charge is 0.214 e. The molecule has 0 aliphatic carbocycles. The van der Waals surface area contributed by atoms with Crippen LogP contribution in [-0.2, 0) is 11.3 Å². The zero-order chi connectivity index (χ0) is 15.2. The van der Waals surface area contributed by atoms with Crippen molar-refractivity contribution in [2.24, 2.45) is 4.99 Å². The summed E-state index contributed by atoms with van der Waals surface area (Å²) in [7, 11) is 3.85. The number of aryl methyl sites for hydroxylation is 2. The minimum Gasteiger partial charge on any atom is -0.444 e. The van der Waals surface area contributed by atoms with Gasteiger partial charge in [0.15, 0.2) is 5.96 Å². The van der Waals surface area contributed by atoms with E-state index >= 15 is 0 Å². The number of oxazole rings is 1. The summed E-state index contributed by atoms with van der Waals surface area (Å²) in [5, 5.41) is 6.46. The van der Waals surface area contributed by atoms with Gasteiger partial charge in [0.2, 0.25) is 5.89 Å². The van der Waals surface area contributed by atoms with E-state index in [-0.39, 0.29) is 30.1 Å². The Morgan fingerprint density at radius 3 is 2.77 bits per heavy atom. The Bertz CT molecular complexity index is 472. The Hall–Kier alpha value is -0.870. The number of halogens is 1. The van der Waals surface area contributed by atoms with Crippen molar-refractivity contribution >= 4 is 29.9 Å². The molecule has 2 N–H and O–H groups in total. The van der Waals surface area contributed by atoms with Gasteiger partial charge >= 0.3 is 0 Å². The molecule has 0 bridgehead atoms. The van der Waals surface area contributed by atoms with Gasteiger partial charge in [-0.05, 0) is 20.9 Å². The molecule has 0 saturated carbocycles. The maximum Gasteiger partial charge on any atom is 0.214 e. The van der Waals surface area contributed by atoms with Crippen LogP contribution < -0.4 is 10.6 Å². The Kier molecular flexibility index (Phi) is 8.12. The molecule has 1 unspecified atom stereocenters. The second-order valence-corrected chi connectivity index (χ2v) is 5.31. The number of hydrogen-bond acceptors (Lipinski definition) is 5. The monoisotopic (exact) mass is 423 g/mol. The lowest BCUT2D eigenvalue weighted by atomic mass is 10.3. The van der Waals surface area contributed by atoms with Gasteiger partial charge in [0.1, 0.15) is 5.76 Å². The van der Waals surface area contributed by atoms with Crippen molar-refractivity contribution in [3.63, 3.8) is 0 Å². The summed E-state index contributed by atoms with van der Waals surface area (Å²) in [6, 6.07) is 0. The van der Waals surface area contributed by atoms with Crippen LogP contribution in [-0.4, -0.2) is 62.3 Å². The maximum absolute atomic E-state index is 5.71. The molecule has 2 rings (SSSR count). The summed E-state index contributed by atoms with van der Waals surface area (Å²) in [6.45, 7) is 7.80. The molecule has 0 amide bonds. The van der Waals surface area contributed by atoms with Crippen LogP contribution in [0.3, 0.4) is 0 Å². The molecule has 0 aromatic carbocycles. The quantitative estimate of drug-likeness (QED) is 0.426.